The third-order valence-electron chi connectivity index (χ3n) is 6.22. The van der Waals surface area contributed by atoms with Crippen molar-refractivity contribution in [3.63, 3.8) is 0 Å². The summed E-state index contributed by atoms with van der Waals surface area (Å²) in [4.78, 5) is 0. The molecular weight excluding hydrogens is 392 g/mol. The van der Waals surface area contributed by atoms with E-state index in [9.17, 15) is 10.2 Å². The number of hydrogen-bond donors (Lipinski definition) is 3. The Balaban J connectivity index is 1.81. The van der Waals surface area contributed by atoms with E-state index in [0.717, 1.165) is 19.3 Å². The molecule has 1 fully saturated rings. The summed E-state index contributed by atoms with van der Waals surface area (Å²) >= 11 is 0. The highest BCUT2D eigenvalue weighted by molar-refractivity contribution is 4.88. The maximum Gasteiger partial charge on any atom is 0.114 e. The lowest BCUT2D eigenvalue weighted by Gasteiger charge is -2.20. The first-order chi connectivity index (χ1) is 15.2. The van der Waals surface area contributed by atoms with E-state index in [1.807, 2.05) is 0 Å². The molecule has 0 amide bonds. The Labute approximate surface area is 191 Å². The van der Waals surface area contributed by atoms with Crippen LogP contribution in [-0.2, 0) is 9.47 Å². The van der Waals surface area contributed by atoms with Gasteiger partial charge in [-0.05, 0) is 32.1 Å². The van der Waals surface area contributed by atoms with Crippen LogP contribution >= 0.6 is 0 Å². The fourth-order valence-corrected chi connectivity index (χ4v) is 4.14. The van der Waals surface area contributed by atoms with Crippen LogP contribution in [0.5, 0.6) is 0 Å². The van der Waals surface area contributed by atoms with Crippen molar-refractivity contribution in [1.82, 2.24) is 0 Å². The van der Waals surface area contributed by atoms with Gasteiger partial charge in [0.2, 0.25) is 0 Å². The molecule has 3 N–H and O–H groups in total. The molecule has 4 atom stereocenters. The molecular formula is C26H50O5. The van der Waals surface area contributed by atoms with E-state index in [1.54, 1.807) is 0 Å². The third-order valence-corrected chi connectivity index (χ3v) is 6.22. The monoisotopic (exact) mass is 442 g/mol. The van der Waals surface area contributed by atoms with Crippen LogP contribution in [0, 0.1) is 0 Å². The Bertz CT molecular complexity index is 415. The van der Waals surface area contributed by atoms with Gasteiger partial charge in [-0.15, -0.1) is 0 Å². The summed E-state index contributed by atoms with van der Waals surface area (Å²) in [5, 5.41) is 28.6. The third kappa shape index (κ3) is 14.3. The van der Waals surface area contributed by atoms with E-state index < -0.39 is 31.0 Å². The van der Waals surface area contributed by atoms with Gasteiger partial charge in [-0.2, -0.15) is 0 Å². The maximum atomic E-state index is 10.1. The van der Waals surface area contributed by atoms with Crippen molar-refractivity contribution < 1.29 is 24.8 Å². The smallest absolute Gasteiger partial charge is 0.114 e. The Kier molecular flexibility index (Phi) is 18.6. The van der Waals surface area contributed by atoms with Crippen LogP contribution in [0.15, 0.2) is 12.2 Å². The van der Waals surface area contributed by atoms with E-state index in [1.165, 1.54) is 83.5 Å². The number of unbranched alkanes of at least 4 members (excludes halogenated alkanes) is 14. The van der Waals surface area contributed by atoms with E-state index in [2.05, 4.69) is 19.1 Å². The van der Waals surface area contributed by atoms with Crippen molar-refractivity contribution in [3.8, 4) is 0 Å². The summed E-state index contributed by atoms with van der Waals surface area (Å²) in [5.74, 6) is 0. The molecule has 0 saturated carbocycles. The second kappa shape index (κ2) is 20.2. The summed E-state index contributed by atoms with van der Waals surface area (Å²) in [6, 6.07) is 0. The average molecular weight is 443 g/mol. The van der Waals surface area contributed by atoms with E-state index in [0.29, 0.717) is 6.61 Å². The highest BCUT2D eigenvalue weighted by Gasteiger charge is 2.40. The Morgan fingerprint density at radius 3 is 1.90 bits per heavy atom. The van der Waals surface area contributed by atoms with Crippen molar-refractivity contribution >= 4 is 0 Å². The van der Waals surface area contributed by atoms with Crippen LogP contribution in [0.25, 0.3) is 0 Å². The Morgan fingerprint density at radius 1 is 0.839 bits per heavy atom. The van der Waals surface area contributed by atoms with Gasteiger partial charge in [0.05, 0.1) is 13.2 Å². The van der Waals surface area contributed by atoms with Crippen LogP contribution in [0.3, 0.4) is 0 Å². The molecule has 1 rings (SSSR count). The minimum atomic E-state index is -1.05. The number of allylic oxidation sites excluding steroid dienone is 2. The van der Waals surface area contributed by atoms with E-state index >= 15 is 0 Å². The molecule has 5 heteroatoms. The topological polar surface area (TPSA) is 79.2 Å². The lowest BCUT2D eigenvalue weighted by atomic mass is 10.1. The van der Waals surface area contributed by atoms with Crippen LogP contribution in [0.1, 0.15) is 110 Å². The molecule has 1 heterocycles. The highest BCUT2D eigenvalue weighted by Crippen LogP contribution is 2.20. The second-order valence-electron chi connectivity index (χ2n) is 9.09. The molecule has 1 saturated heterocycles. The Hall–Kier alpha value is -0.460. The second-order valence-corrected chi connectivity index (χ2v) is 9.09. The fraction of sp³-hybridized carbons (Fsp3) is 0.923. The molecule has 31 heavy (non-hydrogen) atoms. The first-order valence-electron chi connectivity index (χ1n) is 13.1. The first kappa shape index (κ1) is 28.6. The summed E-state index contributed by atoms with van der Waals surface area (Å²) < 4.78 is 11.0. The van der Waals surface area contributed by atoms with Crippen LogP contribution < -0.4 is 0 Å². The van der Waals surface area contributed by atoms with Crippen LogP contribution in [-0.4, -0.2) is 59.6 Å². The van der Waals surface area contributed by atoms with Gasteiger partial charge in [0.25, 0.3) is 0 Å². The molecule has 0 aromatic rings. The Morgan fingerprint density at radius 2 is 1.35 bits per heavy atom. The van der Waals surface area contributed by atoms with Gasteiger partial charge in [0, 0.05) is 6.61 Å². The lowest BCUT2D eigenvalue weighted by Crippen LogP contribution is -2.41. The molecule has 0 radical (unpaired) electrons. The van der Waals surface area contributed by atoms with Gasteiger partial charge < -0.3 is 24.8 Å². The molecule has 0 unspecified atom stereocenters. The van der Waals surface area contributed by atoms with Gasteiger partial charge in [-0.1, -0.05) is 89.7 Å². The molecule has 0 aromatic heterocycles. The number of aliphatic hydroxyl groups is 3. The fourth-order valence-electron chi connectivity index (χ4n) is 4.14. The summed E-state index contributed by atoms with van der Waals surface area (Å²) in [6.07, 6.45) is 22.5. The SMILES string of the molecule is CCCCCCCCCCCC/C=C/CCCCCCO[C@@H]1CO[C@@H]([C@@H](O)CO)[C@H]1O. The van der Waals surface area contributed by atoms with Gasteiger partial charge in [0.1, 0.15) is 24.4 Å². The zero-order valence-electron chi connectivity index (χ0n) is 20.1. The molecule has 5 nitrogen and oxygen atoms in total. The van der Waals surface area contributed by atoms with Crippen molar-refractivity contribution in [3.05, 3.63) is 12.2 Å². The normalized spacial score (nSPS) is 22.5. The summed E-state index contributed by atoms with van der Waals surface area (Å²) in [5.41, 5.74) is 0. The molecule has 0 aliphatic carbocycles. The summed E-state index contributed by atoms with van der Waals surface area (Å²) in [6.45, 7) is 2.73. The quantitative estimate of drug-likeness (QED) is 0.166. The molecule has 0 spiro atoms. The molecule has 0 aromatic carbocycles. The number of ether oxygens (including phenoxy) is 2. The zero-order valence-corrected chi connectivity index (χ0v) is 20.1. The number of aliphatic hydroxyl groups excluding tert-OH is 3. The molecule has 0 bridgehead atoms. The molecule has 184 valence electrons. The predicted molar refractivity (Wildman–Crippen MR) is 127 cm³/mol. The van der Waals surface area contributed by atoms with Crippen molar-refractivity contribution in [1.29, 1.82) is 0 Å². The standard InChI is InChI=1S/C26H50O5/c1-2-3-4-5-6-7-8-9-10-11-12-13-14-15-16-17-18-19-20-30-24-22-31-26(25(24)29)23(28)21-27/h13-14,23-29H,2-12,15-22H2,1H3/b14-13+/t23-,24+,25-,26-/m0/s1. The number of rotatable bonds is 21. The largest absolute Gasteiger partial charge is 0.394 e. The predicted octanol–water partition coefficient (Wildman–Crippen LogP) is 5.30. The van der Waals surface area contributed by atoms with Gasteiger partial charge in [-0.3, -0.25) is 0 Å². The van der Waals surface area contributed by atoms with E-state index in [-0.39, 0.29) is 6.61 Å². The maximum absolute atomic E-state index is 10.1. The zero-order chi connectivity index (χ0) is 22.6. The minimum Gasteiger partial charge on any atom is -0.394 e. The van der Waals surface area contributed by atoms with Gasteiger partial charge >= 0.3 is 0 Å². The number of hydrogen-bond acceptors (Lipinski definition) is 5. The average Bonchev–Trinajstić information content (AvgIpc) is 3.15. The van der Waals surface area contributed by atoms with Gasteiger partial charge in [-0.25, -0.2) is 0 Å². The lowest BCUT2D eigenvalue weighted by molar-refractivity contribution is -0.0730. The first-order valence-corrected chi connectivity index (χ1v) is 13.1. The minimum absolute atomic E-state index is 0.271. The summed E-state index contributed by atoms with van der Waals surface area (Å²) in [7, 11) is 0. The molecule has 1 aliphatic heterocycles. The van der Waals surface area contributed by atoms with Crippen molar-refractivity contribution in [2.24, 2.45) is 0 Å². The van der Waals surface area contributed by atoms with Crippen LogP contribution in [0.2, 0.25) is 0 Å². The van der Waals surface area contributed by atoms with Crippen molar-refractivity contribution in [2.75, 3.05) is 19.8 Å². The van der Waals surface area contributed by atoms with Crippen LogP contribution in [0.4, 0.5) is 0 Å². The van der Waals surface area contributed by atoms with Crippen molar-refractivity contribution in [2.45, 2.75) is 134 Å². The molecule has 1 aliphatic rings. The van der Waals surface area contributed by atoms with Gasteiger partial charge in [0.15, 0.2) is 0 Å². The highest BCUT2D eigenvalue weighted by atomic mass is 16.6. The van der Waals surface area contributed by atoms with E-state index in [4.69, 9.17) is 14.6 Å².